The van der Waals surface area contributed by atoms with Crippen molar-refractivity contribution in [1.82, 2.24) is 0 Å². The lowest BCUT2D eigenvalue weighted by molar-refractivity contribution is 0.227. The van der Waals surface area contributed by atoms with Crippen LogP contribution < -0.4 is 28.4 Å². The largest absolute Gasteiger partial charge is 0.493 e. The summed E-state index contributed by atoms with van der Waals surface area (Å²) >= 11 is 0. The molecule has 1 unspecified atom stereocenters. The van der Waals surface area contributed by atoms with Gasteiger partial charge in [0.25, 0.3) is 0 Å². The van der Waals surface area contributed by atoms with Crippen molar-refractivity contribution in [2.45, 2.75) is 105 Å². The topological polar surface area (TPSA) is 55.4 Å². The second kappa shape index (κ2) is 18.4. The van der Waals surface area contributed by atoms with Gasteiger partial charge in [-0.05, 0) is 56.4 Å². The molecule has 1 aliphatic heterocycles. The van der Waals surface area contributed by atoms with Crippen LogP contribution in [0.2, 0.25) is 0 Å². The van der Waals surface area contributed by atoms with Gasteiger partial charge < -0.3 is 28.4 Å². The van der Waals surface area contributed by atoms with Crippen LogP contribution in [0.5, 0.6) is 34.5 Å². The van der Waals surface area contributed by atoms with E-state index in [0.717, 1.165) is 92.6 Å². The summed E-state index contributed by atoms with van der Waals surface area (Å²) in [7, 11) is 0. The molecule has 6 nitrogen and oxygen atoms in total. The molecule has 3 rings (SSSR count). The van der Waals surface area contributed by atoms with Crippen LogP contribution in [0.25, 0.3) is 6.08 Å². The Morgan fingerprint density at radius 3 is 1.59 bits per heavy atom. The number of unbranched alkanes of at least 4 members (excludes halogenated alkanes) is 5. The standard InChI is InChI=1S/C35H52O6/c1-6-11-18-36-28-25-31(37-19-12-7-2)29-16-17-30(41-32(29)26-28)27-23-33(38-20-13-8-3)35(40-22-15-10-5)34(24-27)39-21-14-9-4/h16-17,23-26,30H,6-15,18-22H2,1-5H3. The summed E-state index contributed by atoms with van der Waals surface area (Å²) in [6.07, 6.45) is 14.1. The summed E-state index contributed by atoms with van der Waals surface area (Å²) in [6, 6.07) is 8.06. The van der Waals surface area contributed by atoms with Gasteiger partial charge in [0.1, 0.15) is 23.4 Å². The molecular formula is C35H52O6. The van der Waals surface area contributed by atoms with Gasteiger partial charge in [-0.2, -0.15) is 0 Å². The van der Waals surface area contributed by atoms with E-state index in [4.69, 9.17) is 28.4 Å². The van der Waals surface area contributed by atoms with Gasteiger partial charge >= 0.3 is 0 Å². The van der Waals surface area contributed by atoms with Gasteiger partial charge in [0.2, 0.25) is 5.75 Å². The van der Waals surface area contributed by atoms with E-state index in [1.54, 1.807) is 0 Å². The van der Waals surface area contributed by atoms with Crippen molar-refractivity contribution in [2.24, 2.45) is 0 Å². The molecule has 0 spiro atoms. The third kappa shape index (κ3) is 10.1. The van der Waals surface area contributed by atoms with Crippen LogP contribution in [0, 0.1) is 0 Å². The fourth-order valence-corrected chi connectivity index (χ4v) is 4.33. The van der Waals surface area contributed by atoms with Crippen molar-refractivity contribution in [2.75, 3.05) is 33.0 Å². The molecule has 1 atom stereocenters. The number of fused-ring (bicyclic) bond motifs is 1. The highest BCUT2D eigenvalue weighted by atomic mass is 16.5. The Bertz CT molecular complexity index is 1030. The average molecular weight is 569 g/mol. The van der Waals surface area contributed by atoms with Crippen LogP contribution >= 0.6 is 0 Å². The molecule has 0 bridgehead atoms. The smallest absolute Gasteiger partial charge is 0.203 e. The molecule has 0 aromatic heterocycles. The highest BCUT2D eigenvalue weighted by molar-refractivity contribution is 5.69. The average Bonchev–Trinajstić information content (AvgIpc) is 2.98. The van der Waals surface area contributed by atoms with Crippen LogP contribution in [0.15, 0.2) is 30.3 Å². The summed E-state index contributed by atoms with van der Waals surface area (Å²) in [5.41, 5.74) is 1.90. The summed E-state index contributed by atoms with van der Waals surface area (Å²) in [4.78, 5) is 0. The minimum absolute atomic E-state index is 0.316. The van der Waals surface area contributed by atoms with Gasteiger partial charge in [0.05, 0.1) is 38.6 Å². The van der Waals surface area contributed by atoms with Crippen LogP contribution in [0.1, 0.15) is 116 Å². The lowest BCUT2D eigenvalue weighted by Crippen LogP contribution is -2.12. The summed E-state index contributed by atoms with van der Waals surface area (Å²) in [5.74, 6) is 4.42. The Labute approximate surface area is 248 Å². The van der Waals surface area contributed by atoms with Crippen LogP contribution in [0.4, 0.5) is 0 Å². The number of rotatable bonds is 21. The first kappa shape index (κ1) is 32.5. The van der Waals surface area contributed by atoms with E-state index in [1.807, 2.05) is 24.3 Å². The Morgan fingerprint density at radius 2 is 1.05 bits per heavy atom. The highest BCUT2D eigenvalue weighted by Gasteiger charge is 2.25. The third-order valence-corrected chi connectivity index (χ3v) is 6.92. The van der Waals surface area contributed by atoms with Gasteiger partial charge in [0.15, 0.2) is 11.5 Å². The van der Waals surface area contributed by atoms with E-state index in [9.17, 15) is 0 Å². The SMILES string of the molecule is CCCCOc1cc(OCCCC)c2c(c1)OC(c1cc(OCCCC)c(OCCCC)c(OCCCC)c1)C=C2. The summed E-state index contributed by atoms with van der Waals surface area (Å²) < 4.78 is 37.7. The van der Waals surface area contributed by atoms with E-state index < -0.39 is 0 Å². The number of benzene rings is 2. The molecule has 0 N–H and O–H groups in total. The van der Waals surface area contributed by atoms with E-state index in [-0.39, 0.29) is 6.10 Å². The lowest BCUT2D eigenvalue weighted by atomic mass is 10.0. The van der Waals surface area contributed by atoms with Gasteiger partial charge in [-0.3, -0.25) is 0 Å². The minimum atomic E-state index is -0.316. The molecule has 2 aromatic rings. The predicted molar refractivity (Wildman–Crippen MR) is 167 cm³/mol. The van der Waals surface area contributed by atoms with Crippen molar-refractivity contribution in [3.8, 4) is 34.5 Å². The normalized spacial score (nSPS) is 13.8. The van der Waals surface area contributed by atoms with Crippen LogP contribution in [-0.2, 0) is 0 Å². The molecule has 0 saturated heterocycles. The van der Waals surface area contributed by atoms with E-state index in [2.05, 4.69) is 46.8 Å². The molecule has 0 saturated carbocycles. The molecule has 228 valence electrons. The second-order valence-corrected chi connectivity index (χ2v) is 10.6. The van der Waals surface area contributed by atoms with Crippen molar-refractivity contribution >= 4 is 6.08 Å². The molecule has 0 amide bonds. The van der Waals surface area contributed by atoms with Crippen LogP contribution in [0.3, 0.4) is 0 Å². The first-order valence-electron chi connectivity index (χ1n) is 16.0. The molecule has 1 aliphatic rings. The zero-order valence-electron chi connectivity index (χ0n) is 26.1. The zero-order chi connectivity index (χ0) is 29.3. The highest BCUT2D eigenvalue weighted by Crippen LogP contribution is 2.45. The van der Waals surface area contributed by atoms with Gasteiger partial charge in [-0.1, -0.05) is 66.7 Å². The monoisotopic (exact) mass is 568 g/mol. The van der Waals surface area contributed by atoms with Crippen molar-refractivity contribution in [3.63, 3.8) is 0 Å². The Kier molecular flexibility index (Phi) is 14.6. The first-order valence-corrected chi connectivity index (χ1v) is 16.0. The molecule has 0 fully saturated rings. The third-order valence-electron chi connectivity index (χ3n) is 6.92. The molecule has 0 radical (unpaired) electrons. The molecule has 0 aliphatic carbocycles. The fourth-order valence-electron chi connectivity index (χ4n) is 4.33. The maximum Gasteiger partial charge on any atom is 0.203 e. The number of hydrogen-bond acceptors (Lipinski definition) is 6. The van der Waals surface area contributed by atoms with Crippen molar-refractivity contribution in [3.05, 3.63) is 41.5 Å². The predicted octanol–water partition coefficient (Wildman–Crippen LogP) is 9.73. The second-order valence-electron chi connectivity index (χ2n) is 10.6. The quantitative estimate of drug-likeness (QED) is 0.140. The van der Waals surface area contributed by atoms with Gasteiger partial charge in [-0.25, -0.2) is 0 Å². The molecular weight excluding hydrogens is 516 g/mol. The number of hydrogen-bond donors (Lipinski definition) is 0. The zero-order valence-corrected chi connectivity index (χ0v) is 26.1. The van der Waals surface area contributed by atoms with Crippen molar-refractivity contribution in [1.29, 1.82) is 0 Å². The summed E-state index contributed by atoms with van der Waals surface area (Å²) in [6.45, 7) is 14.0. The maximum atomic E-state index is 6.61. The van der Waals surface area contributed by atoms with Crippen molar-refractivity contribution < 1.29 is 28.4 Å². The first-order chi connectivity index (χ1) is 20.1. The fraction of sp³-hybridized carbons (Fsp3) is 0.600. The minimum Gasteiger partial charge on any atom is -0.493 e. The molecule has 1 heterocycles. The van der Waals surface area contributed by atoms with Gasteiger partial charge in [0, 0.05) is 17.7 Å². The van der Waals surface area contributed by atoms with E-state index in [0.29, 0.717) is 50.3 Å². The molecule has 2 aromatic carbocycles. The number of ether oxygens (including phenoxy) is 6. The Hall–Kier alpha value is -3.02. The molecule has 6 heteroatoms. The van der Waals surface area contributed by atoms with E-state index in [1.165, 1.54) is 0 Å². The Morgan fingerprint density at radius 1 is 0.561 bits per heavy atom. The maximum absolute atomic E-state index is 6.61. The Balaban J connectivity index is 1.96. The van der Waals surface area contributed by atoms with Crippen LogP contribution in [-0.4, -0.2) is 33.0 Å². The van der Waals surface area contributed by atoms with E-state index >= 15 is 0 Å². The van der Waals surface area contributed by atoms with Gasteiger partial charge in [-0.15, -0.1) is 0 Å². The summed E-state index contributed by atoms with van der Waals surface area (Å²) in [5, 5.41) is 0. The lowest BCUT2D eigenvalue weighted by Gasteiger charge is -2.26. The molecule has 41 heavy (non-hydrogen) atoms.